The molecule has 0 unspecified atom stereocenters. The topological polar surface area (TPSA) is 58.6 Å². The van der Waals surface area contributed by atoms with Crippen LogP contribution in [-0.4, -0.2) is 30.4 Å². The van der Waals surface area contributed by atoms with Crippen molar-refractivity contribution < 1.29 is 18.7 Å². The van der Waals surface area contributed by atoms with Crippen molar-refractivity contribution in [3.63, 3.8) is 0 Å². The molecule has 162 valence electrons. The lowest BCUT2D eigenvalue weighted by atomic mass is 10.0. The summed E-state index contributed by atoms with van der Waals surface area (Å²) in [4.78, 5) is 27.8. The Morgan fingerprint density at radius 2 is 1.62 bits per heavy atom. The van der Waals surface area contributed by atoms with Crippen molar-refractivity contribution in [3.8, 4) is 5.75 Å². The summed E-state index contributed by atoms with van der Waals surface area (Å²) in [6, 6.07) is 19.9. The zero-order valence-corrected chi connectivity index (χ0v) is 18.0. The molecule has 0 fully saturated rings. The molecule has 0 saturated carbocycles. The highest BCUT2D eigenvalue weighted by molar-refractivity contribution is 6.37. The second-order valence-electron chi connectivity index (χ2n) is 7.22. The fourth-order valence-electron chi connectivity index (χ4n) is 3.55. The zero-order chi connectivity index (χ0) is 22.7. The van der Waals surface area contributed by atoms with Crippen LogP contribution in [0.2, 0.25) is 5.02 Å². The molecule has 0 bridgehead atoms. The average Bonchev–Trinajstić information content (AvgIpc) is 3.03. The van der Waals surface area contributed by atoms with Crippen LogP contribution < -0.4 is 10.1 Å². The normalized spacial score (nSPS) is 13.7. The molecule has 1 heterocycles. The first-order chi connectivity index (χ1) is 15.5. The van der Waals surface area contributed by atoms with Gasteiger partial charge in [0.15, 0.2) is 0 Å². The number of nitrogens with one attached hydrogen (secondary N) is 1. The fourth-order valence-corrected chi connectivity index (χ4v) is 3.68. The third kappa shape index (κ3) is 4.36. The number of methoxy groups -OCH3 is 1. The van der Waals surface area contributed by atoms with E-state index in [-0.39, 0.29) is 23.6 Å². The van der Waals surface area contributed by atoms with Crippen molar-refractivity contribution in [1.29, 1.82) is 0 Å². The molecule has 2 amide bonds. The molecule has 3 aromatic carbocycles. The number of benzene rings is 3. The molecule has 4 rings (SSSR count). The van der Waals surface area contributed by atoms with Gasteiger partial charge in [-0.3, -0.25) is 14.5 Å². The molecular weight excluding hydrogens is 431 g/mol. The van der Waals surface area contributed by atoms with E-state index in [1.165, 1.54) is 24.1 Å². The van der Waals surface area contributed by atoms with E-state index in [1.54, 1.807) is 54.6 Å². The smallest absolute Gasteiger partial charge is 0.278 e. The maximum atomic E-state index is 13.3. The lowest BCUT2D eigenvalue weighted by Gasteiger charge is -2.16. The molecule has 0 aromatic heterocycles. The molecular formula is C25H20ClFN2O3. The van der Waals surface area contributed by atoms with Crippen molar-refractivity contribution >= 4 is 34.7 Å². The van der Waals surface area contributed by atoms with Crippen molar-refractivity contribution in [2.45, 2.75) is 6.42 Å². The summed E-state index contributed by atoms with van der Waals surface area (Å²) in [6.07, 6.45) is 0.410. The van der Waals surface area contributed by atoms with E-state index in [9.17, 15) is 14.0 Å². The third-order valence-corrected chi connectivity index (χ3v) is 5.46. The van der Waals surface area contributed by atoms with Gasteiger partial charge in [0.25, 0.3) is 11.8 Å². The average molecular weight is 451 g/mol. The van der Waals surface area contributed by atoms with Crippen molar-refractivity contribution in [1.82, 2.24) is 4.90 Å². The molecule has 0 spiro atoms. The van der Waals surface area contributed by atoms with E-state index in [0.717, 1.165) is 5.56 Å². The number of rotatable bonds is 7. The number of carbonyl (C=O) groups excluding carboxylic acids is 2. The van der Waals surface area contributed by atoms with E-state index in [2.05, 4.69) is 5.32 Å². The number of halogens is 2. The number of hydrogen-bond donors (Lipinski definition) is 1. The van der Waals surface area contributed by atoms with Gasteiger partial charge in [0, 0.05) is 11.6 Å². The van der Waals surface area contributed by atoms with Crippen molar-refractivity contribution in [2.75, 3.05) is 19.0 Å². The Hall–Kier alpha value is -3.64. The van der Waals surface area contributed by atoms with Crippen LogP contribution >= 0.6 is 11.6 Å². The first-order valence-corrected chi connectivity index (χ1v) is 10.4. The monoisotopic (exact) mass is 450 g/mol. The van der Waals surface area contributed by atoms with Crippen LogP contribution in [0.15, 0.2) is 78.5 Å². The van der Waals surface area contributed by atoms with Crippen molar-refractivity contribution in [2.24, 2.45) is 0 Å². The summed E-state index contributed by atoms with van der Waals surface area (Å²) in [5.74, 6) is -0.637. The van der Waals surface area contributed by atoms with Gasteiger partial charge in [-0.05, 0) is 53.9 Å². The quantitative estimate of drug-likeness (QED) is 0.519. The Balaban J connectivity index is 1.67. The zero-order valence-electron chi connectivity index (χ0n) is 17.3. The molecule has 0 atom stereocenters. The Bertz CT molecular complexity index is 1190. The van der Waals surface area contributed by atoms with Gasteiger partial charge >= 0.3 is 0 Å². The number of ether oxygens (including phenoxy) is 1. The molecule has 1 aliphatic rings. The molecule has 0 aliphatic carbocycles. The van der Waals surface area contributed by atoms with Gasteiger partial charge in [0.1, 0.15) is 17.3 Å². The number of anilines is 1. The number of carbonyl (C=O) groups is 2. The van der Waals surface area contributed by atoms with Gasteiger partial charge in [-0.25, -0.2) is 4.39 Å². The lowest BCUT2D eigenvalue weighted by molar-refractivity contribution is -0.136. The predicted molar refractivity (Wildman–Crippen MR) is 122 cm³/mol. The number of amides is 2. The van der Waals surface area contributed by atoms with Gasteiger partial charge in [-0.2, -0.15) is 0 Å². The predicted octanol–water partition coefficient (Wildman–Crippen LogP) is 4.92. The number of para-hydroxylation sites is 2. The highest BCUT2D eigenvalue weighted by Gasteiger charge is 2.39. The minimum atomic E-state index is -0.437. The Morgan fingerprint density at radius 1 is 0.938 bits per heavy atom. The van der Waals surface area contributed by atoms with Crippen LogP contribution in [0.25, 0.3) is 5.57 Å². The van der Waals surface area contributed by atoms with Crippen LogP contribution in [0, 0.1) is 5.82 Å². The van der Waals surface area contributed by atoms with Crippen LogP contribution in [0.5, 0.6) is 5.75 Å². The molecule has 3 aromatic rings. The van der Waals surface area contributed by atoms with Gasteiger partial charge in [-0.1, -0.05) is 48.0 Å². The number of imide groups is 1. The lowest BCUT2D eigenvalue weighted by Crippen LogP contribution is -2.34. The van der Waals surface area contributed by atoms with E-state index in [4.69, 9.17) is 16.3 Å². The standard InChI is InChI=1S/C25H20ClFN2O3/c1-32-21-5-3-2-4-20(21)28-23-22(17-8-10-18(26)11-9-17)24(30)29(25(23)31)15-14-16-6-12-19(27)13-7-16/h2-13,28H,14-15H2,1H3. The molecule has 7 heteroatoms. The second-order valence-corrected chi connectivity index (χ2v) is 7.66. The summed E-state index contributed by atoms with van der Waals surface area (Å²) >= 11 is 6.01. The molecule has 1 N–H and O–H groups in total. The summed E-state index contributed by atoms with van der Waals surface area (Å²) in [7, 11) is 1.53. The summed E-state index contributed by atoms with van der Waals surface area (Å²) in [6.45, 7) is 0.164. The molecule has 5 nitrogen and oxygen atoms in total. The van der Waals surface area contributed by atoms with Gasteiger partial charge in [0.05, 0.1) is 18.4 Å². The fraction of sp³-hybridized carbons (Fsp3) is 0.120. The maximum absolute atomic E-state index is 13.3. The summed E-state index contributed by atoms with van der Waals surface area (Å²) in [5.41, 5.74) is 2.40. The SMILES string of the molecule is COc1ccccc1NC1=C(c2ccc(Cl)cc2)C(=O)N(CCc2ccc(F)cc2)C1=O. The van der Waals surface area contributed by atoms with Crippen LogP contribution in [0.1, 0.15) is 11.1 Å². The Kier molecular flexibility index (Phi) is 6.23. The molecule has 0 radical (unpaired) electrons. The molecule has 1 aliphatic heterocycles. The van der Waals surface area contributed by atoms with Gasteiger partial charge < -0.3 is 10.1 Å². The van der Waals surface area contributed by atoms with Crippen LogP contribution in [0.4, 0.5) is 10.1 Å². The number of nitrogens with zero attached hydrogens (tertiary/aromatic N) is 1. The summed E-state index contributed by atoms with van der Waals surface area (Å²) < 4.78 is 18.6. The van der Waals surface area contributed by atoms with Crippen LogP contribution in [0.3, 0.4) is 0 Å². The van der Waals surface area contributed by atoms with Crippen molar-refractivity contribution in [3.05, 3.63) is 100 Å². The van der Waals surface area contributed by atoms with E-state index in [1.807, 2.05) is 6.07 Å². The van der Waals surface area contributed by atoms with E-state index in [0.29, 0.717) is 28.4 Å². The van der Waals surface area contributed by atoms with Gasteiger partial charge in [-0.15, -0.1) is 0 Å². The first-order valence-electron chi connectivity index (χ1n) is 9.99. The Labute approximate surface area is 190 Å². The molecule has 0 saturated heterocycles. The first kappa shape index (κ1) is 21.6. The minimum Gasteiger partial charge on any atom is -0.495 e. The van der Waals surface area contributed by atoms with E-state index >= 15 is 0 Å². The third-order valence-electron chi connectivity index (χ3n) is 5.20. The largest absolute Gasteiger partial charge is 0.495 e. The highest BCUT2D eigenvalue weighted by atomic mass is 35.5. The second kappa shape index (κ2) is 9.24. The molecule has 32 heavy (non-hydrogen) atoms. The maximum Gasteiger partial charge on any atom is 0.278 e. The minimum absolute atomic E-state index is 0.164. The number of hydrogen-bond acceptors (Lipinski definition) is 4. The summed E-state index contributed by atoms with van der Waals surface area (Å²) in [5, 5.41) is 3.63. The van der Waals surface area contributed by atoms with Crippen LogP contribution in [-0.2, 0) is 16.0 Å². The van der Waals surface area contributed by atoms with Gasteiger partial charge in [0.2, 0.25) is 0 Å². The Morgan fingerprint density at radius 3 is 2.31 bits per heavy atom. The highest BCUT2D eigenvalue weighted by Crippen LogP contribution is 2.33. The van der Waals surface area contributed by atoms with E-state index < -0.39 is 11.8 Å².